The summed E-state index contributed by atoms with van der Waals surface area (Å²) >= 11 is 0. The van der Waals surface area contributed by atoms with Crippen LogP contribution in [-0.4, -0.2) is 30.8 Å². The summed E-state index contributed by atoms with van der Waals surface area (Å²) in [7, 11) is 0. The third kappa shape index (κ3) is 3.73. The average molecular weight is 157 g/mol. The zero-order valence-electron chi connectivity index (χ0n) is 7.68. The number of nitrogens with zero attached hydrogens (tertiary/aromatic N) is 1. The van der Waals surface area contributed by atoms with Gasteiger partial charge in [-0.05, 0) is 26.7 Å². The zero-order chi connectivity index (χ0) is 8.10. The summed E-state index contributed by atoms with van der Waals surface area (Å²) in [6.45, 7) is 7.46. The molecule has 11 heavy (non-hydrogen) atoms. The Hall–Kier alpha value is -0.0800. The second-order valence-corrected chi connectivity index (χ2v) is 3.52. The van der Waals surface area contributed by atoms with Gasteiger partial charge < -0.3 is 4.74 Å². The van der Waals surface area contributed by atoms with Gasteiger partial charge in [-0.3, -0.25) is 4.90 Å². The minimum atomic E-state index is 0.372. The third-order valence-electron chi connectivity index (χ3n) is 2.04. The Balaban J connectivity index is 2.05. The average Bonchev–Trinajstić information content (AvgIpc) is 2.03. The predicted molar refractivity (Wildman–Crippen MR) is 46.5 cm³/mol. The van der Waals surface area contributed by atoms with Crippen molar-refractivity contribution in [2.45, 2.75) is 39.2 Å². The van der Waals surface area contributed by atoms with Crippen molar-refractivity contribution in [3.8, 4) is 0 Å². The fourth-order valence-electron chi connectivity index (χ4n) is 1.34. The number of likely N-dealkylation sites (tertiary alicyclic amines) is 1. The minimum Gasteiger partial charge on any atom is -0.363 e. The molecule has 0 aromatic heterocycles. The molecule has 0 radical (unpaired) electrons. The van der Waals surface area contributed by atoms with Crippen molar-refractivity contribution in [2.24, 2.45) is 0 Å². The highest BCUT2D eigenvalue weighted by Gasteiger charge is 2.09. The van der Waals surface area contributed by atoms with E-state index in [4.69, 9.17) is 4.74 Å². The molecule has 66 valence electrons. The molecule has 0 saturated carbocycles. The van der Waals surface area contributed by atoms with Crippen molar-refractivity contribution < 1.29 is 4.74 Å². The van der Waals surface area contributed by atoms with E-state index in [0.717, 1.165) is 6.73 Å². The Labute approximate surface area is 69.5 Å². The van der Waals surface area contributed by atoms with Gasteiger partial charge in [0, 0.05) is 13.1 Å². The summed E-state index contributed by atoms with van der Waals surface area (Å²) in [5.41, 5.74) is 0. The summed E-state index contributed by atoms with van der Waals surface area (Å²) in [4.78, 5) is 2.39. The van der Waals surface area contributed by atoms with Crippen LogP contribution in [0.2, 0.25) is 0 Å². The highest BCUT2D eigenvalue weighted by atomic mass is 16.5. The lowest BCUT2D eigenvalue weighted by Gasteiger charge is -2.26. The first-order valence-corrected chi connectivity index (χ1v) is 4.63. The van der Waals surface area contributed by atoms with E-state index in [-0.39, 0.29) is 0 Å². The molecule has 1 saturated heterocycles. The van der Waals surface area contributed by atoms with Gasteiger partial charge in [0.05, 0.1) is 12.8 Å². The molecule has 2 heteroatoms. The maximum Gasteiger partial charge on any atom is 0.0993 e. The molecule has 1 rings (SSSR count). The van der Waals surface area contributed by atoms with Gasteiger partial charge in [0.25, 0.3) is 0 Å². The normalized spacial score (nSPS) is 21.0. The van der Waals surface area contributed by atoms with Crippen LogP contribution in [0.15, 0.2) is 0 Å². The molecule has 0 aromatic rings. The zero-order valence-corrected chi connectivity index (χ0v) is 7.68. The standard InChI is InChI=1S/C9H19NO/c1-9(2)11-8-10-6-4-3-5-7-10/h9H,3-8H2,1-2H3. The van der Waals surface area contributed by atoms with Crippen LogP contribution in [0, 0.1) is 0 Å². The van der Waals surface area contributed by atoms with Gasteiger partial charge in [-0.2, -0.15) is 0 Å². The lowest BCUT2D eigenvalue weighted by molar-refractivity contribution is -0.0137. The highest BCUT2D eigenvalue weighted by molar-refractivity contribution is 4.60. The lowest BCUT2D eigenvalue weighted by atomic mass is 10.1. The molecule has 0 aliphatic carbocycles. The molecule has 0 bridgehead atoms. The van der Waals surface area contributed by atoms with Crippen molar-refractivity contribution in [3.05, 3.63) is 0 Å². The topological polar surface area (TPSA) is 12.5 Å². The van der Waals surface area contributed by atoms with Crippen molar-refractivity contribution in [3.63, 3.8) is 0 Å². The number of piperidine rings is 1. The van der Waals surface area contributed by atoms with E-state index < -0.39 is 0 Å². The Kier molecular flexibility index (Phi) is 3.87. The Bertz CT molecular complexity index is 97.7. The molecule has 1 heterocycles. The Morgan fingerprint density at radius 2 is 1.82 bits per heavy atom. The van der Waals surface area contributed by atoms with Crippen LogP contribution < -0.4 is 0 Å². The fourth-order valence-corrected chi connectivity index (χ4v) is 1.34. The molecule has 0 amide bonds. The summed E-state index contributed by atoms with van der Waals surface area (Å²) in [5.74, 6) is 0. The maximum absolute atomic E-state index is 5.51. The number of hydrogen-bond acceptors (Lipinski definition) is 2. The maximum atomic E-state index is 5.51. The number of rotatable bonds is 3. The Morgan fingerprint density at radius 1 is 1.18 bits per heavy atom. The molecular formula is C9H19NO. The van der Waals surface area contributed by atoms with Crippen LogP contribution in [0.5, 0.6) is 0 Å². The molecule has 0 unspecified atom stereocenters. The fraction of sp³-hybridized carbons (Fsp3) is 1.00. The first kappa shape index (κ1) is 9.01. The lowest BCUT2D eigenvalue weighted by Crippen LogP contribution is -2.32. The molecule has 0 N–H and O–H groups in total. The second-order valence-electron chi connectivity index (χ2n) is 3.52. The number of ether oxygens (including phenoxy) is 1. The van der Waals surface area contributed by atoms with Gasteiger partial charge in [0.2, 0.25) is 0 Å². The highest BCUT2D eigenvalue weighted by Crippen LogP contribution is 2.08. The third-order valence-corrected chi connectivity index (χ3v) is 2.04. The first-order chi connectivity index (χ1) is 5.29. The molecule has 0 spiro atoms. The van der Waals surface area contributed by atoms with Crippen LogP contribution >= 0.6 is 0 Å². The van der Waals surface area contributed by atoms with Crippen LogP contribution in [0.3, 0.4) is 0 Å². The smallest absolute Gasteiger partial charge is 0.0993 e. The number of hydrogen-bond donors (Lipinski definition) is 0. The molecule has 1 aliphatic rings. The quantitative estimate of drug-likeness (QED) is 0.620. The van der Waals surface area contributed by atoms with Crippen molar-refractivity contribution >= 4 is 0 Å². The van der Waals surface area contributed by atoms with Gasteiger partial charge in [-0.15, -0.1) is 0 Å². The van der Waals surface area contributed by atoms with E-state index in [1.165, 1.54) is 32.4 Å². The predicted octanol–water partition coefficient (Wildman–Crippen LogP) is 1.85. The molecule has 0 atom stereocenters. The van der Waals surface area contributed by atoms with Crippen LogP contribution in [-0.2, 0) is 4.74 Å². The van der Waals surface area contributed by atoms with Crippen LogP contribution in [0.1, 0.15) is 33.1 Å². The largest absolute Gasteiger partial charge is 0.363 e. The van der Waals surface area contributed by atoms with Crippen molar-refractivity contribution in [1.82, 2.24) is 4.90 Å². The molecule has 2 nitrogen and oxygen atoms in total. The second kappa shape index (κ2) is 4.73. The molecule has 1 aliphatic heterocycles. The first-order valence-electron chi connectivity index (χ1n) is 4.63. The van der Waals surface area contributed by atoms with E-state index in [1.54, 1.807) is 0 Å². The minimum absolute atomic E-state index is 0.372. The summed E-state index contributed by atoms with van der Waals surface area (Å²) in [6.07, 6.45) is 4.47. The SMILES string of the molecule is CC(C)OCN1CCCCC1. The molecular weight excluding hydrogens is 138 g/mol. The van der Waals surface area contributed by atoms with Gasteiger partial charge >= 0.3 is 0 Å². The summed E-state index contributed by atoms with van der Waals surface area (Å²) in [5, 5.41) is 0. The molecule has 1 fully saturated rings. The monoisotopic (exact) mass is 157 g/mol. The van der Waals surface area contributed by atoms with Gasteiger partial charge in [0.15, 0.2) is 0 Å². The van der Waals surface area contributed by atoms with Gasteiger partial charge in [-0.25, -0.2) is 0 Å². The summed E-state index contributed by atoms with van der Waals surface area (Å²) in [6, 6.07) is 0. The van der Waals surface area contributed by atoms with Crippen molar-refractivity contribution in [1.29, 1.82) is 0 Å². The van der Waals surface area contributed by atoms with E-state index in [0.29, 0.717) is 6.10 Å². The summed E-state index contributed by atoms with van der Waals surface area (Å²) < 4.78 is 5.51. The Morgan fingerprint density at radius 3 is 2.36 bits per heavy atom. The van der Waals surface area contributed by atoms with Crippen LogP contribution in [0.4, 0.5) is 0 Å². The van der Waals surface area contributed by atoms with Crippen molar-refractivity contribution in [2.75, 3.05) is 19.8 Å². The molecule has 0 aromatic carbocycles. The van der Waals surface area contributed by atoms with E-state index in [1.807, 2.05) is 0 Å². The van der Waals surface area contributed by atoms with Gasteiger partial charge in [-0.1, -0.05) is 6.42 Å². The van der Waals surface area contributed by atoms with E-state index >= 15 is 0 Å². The van der Waals surface area contributed by atoms with Crippen LogP contribution in [0.25, 0.3) is 0 Å². The van der Waals surface area contributed by atoms with E-state index in [9.17, 15) is 0 Å². The van der Waals surface area contributed by atoms with E-state index in [2.05, 4.69) is 18.7 Å². The van der Waals surface area contributed by atoms with Gasteiger partial charge in [0.1, 0.15) is 0 Å².